The van der Waals surface area contributed by atoms with Crippen LogP contribution in [0.5, 0.6) is 0 Å². The first-order valence-corrected chi connectivity index (χ1v) is 5.87. The van der Waals surface area contributed by atoms with Crippen molar-refractivity contribution < 1.29 is 4.39 Å². The lowest BCUT2D eigenvalue weighted by atomic mass is 9.92. The Kier molecular flexibility index (Phi) is 4.48. The molecule has 0 aromatic heterocycles. The SMILES string of the molecule is CC(NCCC(C)(C)C)c1cccc(F)c1. The predicted molar refractivity (Wildman–Crippen MR) is 66.9 cm³/mol. The van der Waals surface area contributed by atoms with E-state index in [2.05, 4.69) is 33.0 Å². The average Bonchev–Trinajstić information content (AvgIpc) is 2.15. The second-order valence-electron chi connectivity index (χ2n) is 5.54. The van der Waals surface area contributed by atoms with Gasteiger partial charge in [-0.15, -0.1) is 0 Å². The Morgan fingerprint density at radius 3 is 2.56 bits per heavy atom. The number of hydrogen-bond acceptors (Lipinski definition) is 1. The largest absolute Gasteiger partial charge is 0.310 e. The van der Waals surface area contributed by atoms with E-state index in [9.17, 15) is 4.39 Å². The molecular formula is C14H22FN. The monoisotopic (exact) mass is 223 g/mol. The van der Waals surface area contributed by atoms with Crippen molar-refractivity contribution in [2.75, 3.05) is 6.54 Å². The van der Waals surface area contributed by atoms with Crippen LogP contribution in [-0.4, -0.2) is 6.54 Å². The summed E-state index contributed by atoms with van der Waals surface area (Å²) >= 11 is 0. The van der Waals surface area contributed by atoms with Crippen LogP contribution in [0.25, 0.3) is 0 Å². The zero-order chi connectivity index (χ0) is 12.2. The molecule has 0 spiro atoms. The summed E-state index contributed by atoms with van der Waals surface area (Å²) in [5.41, 5.74) is 1.35. The molecule has 1 aromatic carbocycles. The summed E-state index contributed by atoms with van der Waals surface area (Å²) in [4.78, 5) is 0. The summed E-state index contributed by atoms with van der Waals surface area (Å²) in [5.74, 6) is -0.165. The van der Waals surface area contributed by atoms with Crippen LogP contribution in [0.4, 0.5) is 4.39 Å². The van der Waals surface area contributed by atoms with Crippen LogP contribution in [0.2, 0.25) is 0 Å². The van der Waals surface area contributed by atoms with Gasteiger partial charge >= 0.3 is 0 Å². The number of hydrogen-bond donors (Lipinski definition) is 1. The molecule has 16 heavy (non-hydrogen) atoms. The van der Waals surface area contributed by atoms with Crippen molar-refractivity contribution in [2.45, 2.75) is 40.2 Å². The Balaban J connectivity index is 2.44. The van der Waals surface area contributed by atoms with E-state index in [1.165, 1.54) is 6.07 Å². The van der Waals surface area contributed by atoms with Crippen LogP contribution in [0, 0.1) is 11.2 Å². The molecule has 1 atom stereocenters. The fraction of sp³-hybridized carbons (Fsp3) is 0.571. The highest BCUT2D eigenvalue weighted by Gasteiger charge is 2.11. The summed E-state index contributed by atoms with van der Waals surface area (Å²) in [5, 5.41) is 3.42. The molecule has 0 amide bonds. The minimum absolute atomic E-state index is 0.165. The van der Waals surface area contributed by atoms with Crippen LogP contribution in [0.3, 0.4) is 0 Å². The molecule has 90 valence electrons. The van der Waals surface area contributed by atoms with Crippen molar-refractivity contribution in [2.24, 2.45) is 5.41 Å². The zero-order valence-electron chi connectivity index (χ0n) is 10.7. The molecule has 0 saturated carbocycles. The number of halogens is 1. The second kappa shape index (κ2) is 5.44. The third-order valence-electron chi connectivity index (χ3n) is 2.67. The first-order valence-electron chi connectivity index (χ1n) is 5.87. The van der Waals surface area contributed by atoms with Gasteiger partial charge in [-0.25, -0.2) is 4.39 Å². The average molecular weight is 223 g/mol. The van der Waals surface area contributed by atoms with E-state index < -0.39 is 0 Å². The Morgan fingerprint density at radius 2 is 2.00 bits per heavy atom. The van der Waals surface area contributed by atoms with Crippen molar-refractivity contribution in [3.05, 3.63) is 35.6 Å². The van der Waals surface area contributed by atoms with Crippen LogP contribution < -0.4 is 5.32 Å². The van der Waals surface area contributed by atoms with Crippen molar-refractivity contribution in [1.82, 2.24) is 5.32 Å². The minimum atomic E-state index is -0.165. The summed E-state index contributed by atoms with van der Waals surface area (Å²) in [6.07, 6.45) is 1.12. The lowest BCUT2D eigenvalue weighted by Gasteiger charge is -2.21. The molecule has 1 aromatic rings. The standard InChI is InChI=1S/C14H22FN/c1-11(16-9-8-14(2,3)4)12-6-5-7-13(15)10-12/h5-7,10-11,16H,8-9H2,1-4H3. The highest BCUT2D eigenvalue weighted by molar-refractivity contribution is 5.19. The molecule has 0 aliphatic heterocycles. The van der Waals surface area contributed by atoms with Gasteiger partial charge in [-0.1, -0.05) is 32.9 Å². The molecule has 2 heteroatoms. The fourth-order valence-electron chi connectivity index (χ4n) is 1.56. The number of benzene rings is 1. The maximum absolute atomic E-state index is 13.0. The van der Waals surface area contributed by atoms with Gasteiger partial charge in [-0.05, 0) is 43.0 Å². The maximum Gasteiger partial charge on any atom is 0.123 e. The molecule has 1 nitrogen and oxygen atoms in total. The topological polar surface area (TPSA) is 12.0 Å². The van der Waals surface area contributed by atoms with E-state index in [0.717, 1.165) is 18.5 Å². The van der Waals surface area contributed by atoms with E-state index in [1.54, 1.807) is 12.1 Å². The van der Waals surface area contributed by atoms with Gasteiger partial charge in [0.15, 0.2) is 0 Å². The molecule has 0 bridgehead atoms. The van der Waals surface area contributed by atoms with Crippen molar-refractivity contribution in [3.8, 4) is 0 Å². The molecular weight excluding hydrogens is 201 g/mol. The van der Waals surface area contributed by atoms with Crippen molar-refractivity contribution >= 4 is 0 Å². The highest BCUT2D eigenvalue weighted by Crippen LogP contribution is 2.19. The molecule has 0 aliphatic rings. The van der Waals surface area contributed by atoms with Crippen molar-refractivity contribution in [3.63, 3.8) is 0 Å². The summed E-state index contributed by atoms with van der Waals surface area (Å²) in [6, 6.07) is 6.99. The van der Waals surface area contributed by atoms with Gasteiger partial charge in [-0.3, -0.25) is 0 Å². The van der Waals surface area contributed by atoms with Gasteiger partial charge in [0, 0.05) is 6.04 Å². The minimum Gasteiger partial charge on any atom is -0.310 e. The Morgan fingerprint density at radius 1 is 1.31 bits per heavy atom. The number of nitrogens with one attached hydrogen (secondary N) is 1. The lowest BCUT2D eigenvalue weighted by molar-refractivity contribution is 0.358. The fourth-order valence-corrected chi connectivity index (χ4v) is 1.56. The van der Waals surface area contributed by atoms with Gasteiger partial charge < -0.3 is 5.32 Å². The molecule has 1 unspecified atom stereocenters. The molecule has 0 aliphatic carbocycles. The van der Waals surface area contributed by atoms with Crippen LogP contribution in [0.1, 0.15) is 45.7 Å². The van der Waals surface area contributed by atoms with E-state index in [1.807, 2.05) is 6.07 Å². The van der Waals surface area contributed by atoms with Gasteiger partial charge in [0.25, 0.3) is 0 Å². The van der Waals surface area contributed by atoms with Crippen molar-refractivity contribution in [1.29, 1.82) is 0 Å². The molecule has 1 N–H and O–H groups in total. The molecule has 0 radical (unpaired) electrons. The van der Waals surface area contributed by atoms with E-state index in [4.69, 9.17) is 0 Å². The third-order valence-corrected chi connectivity index (χ3v) is 2.67. The number of rotatable bonds is 4. The maximum atomic E-state index is 13.0. The molecule has 0 heterocycles. The molecule has 0 fully saturated rings. The van der Waals surface area contributed by atoms with E-state index >= 15 is 0 Å². The Hall–Kier alpha value is -0.890. The first kappa shape index (κ1) is 13.2. The van der Waals surface area contributed by atoms with Gasteiger partial charge in [0.05, 0.1) is 0 Å². The van der Waals surface area contributed by atoms with Crippen LogP contribution in [-0.2, 0) is 0 Å². The molecule has 0 saturated heterocycles. The summed E-state index contributed by atoms with van der Waals surface area (Å²) in [7, 11) is 0. The zero-order valence-corrected chi connectivity index (χ0v) is 10.7. The van der Waals surface area contributed by atoms with E-state index in [-0.39, 0.29) is 11.9 Å². The summed E-state index contributed by atoms with van der Waals surface area (Å²) in [6.45, 7) is 9.70. The Bertz CT molecular complexity index is 328. The van der Waals surface area contributed by atoms with Gasteiger partial charge in [-0.2, -0.15) is 0 Å². The van der Waals surface area contributed by atoms with Crippen LogP contribution in [0.15, 0.2) is 24.3 Å². The van der Waals surface area contributed by atoms with E-state index in [0.29, 0.717) is 5.41 Å². The first-order chi connectivity index (χ1) is 7.38. The predicted octanol–water partition coefficient (Wildman–Crippen LogP) is 3.91. The van der Waals surface area contributed by atoms with Gasteiger partial charge in [0.1, 0.15) is 5.82 Å². The molecule has 1 rings (SSSR count). The Labute approximate surface area is 98.1 Å². The second-order valence-corrected chi connectivity index (χ2v) is 5.54. The van der Waals surface area contributed by atoms with Gasteiger partial charge in [0.2, 0.25) is 0 Å². The highest BCUT2D eigenvalue weighted by atomic mass is 19.1. The normalized spacial score (nSPS) is 13.8. The summed E-state index contributed by atoms with van der Waals surface area (Å²) < 4.78 is 13.0. The quantitative estimate of drug-likeness (QED) is 0.816. The van der Waals surface area contributed by atoms with Crippen LogP contribution >= 0.6 is 0 Å². The lowest BCUT2D eigenvalue weighted by Crippen LogP contribution is -2.23. The third kappa shape index (κ3) is 4.75. The smallest absolute Gasteiger partial charge is 0.123 e.